The fraction of sp³-hybridized carbons (Fsp3) is 0.740. The van der Waals surface area contributed by atoms with Crippen LogP contribution in [0.3, 0.4) is 0 Å². The molecule has 8 atom stereocenters. The number of β-amino-alcohol motifs (C(OH)–C–C–N with tert-alkyl or cyclic N) is 2. The number of hydrogen-bond acceptors (Lipinski definition) is 18. The number of aliphatic hydroxyl groups excluding tert-OH is 1. The number of methoxy groups -OCH3 is 1. The fourth-order valence-corrected chi connectivity index (χ4v) is 18.4. The second-order valence-electron chi connectivity index (χ2n) is 41.8. The molecule has 9 fully saturated rings. The van der Waals surface area contributed by atoms with Gasteiger partial charge < -0.3 is 49.2 Å². The zero-order valence-corrected chi connectivity index (χ0v) is 84.7. The van der Waals surface area contributed by atoms with Crippen molar-refractivity contribution in [2.75, 3.05) is 164 Å². The molecular weight excluding hydrogens is 1620 g/mol. The lowest BCUT2D eigenvalue weighted by Gasteiger charge is -2.33. The smallest absolute Gasteiger partial charge is 0.248 e. The topological polar surface area (TPSA) is 300 Å². The number of likely N-dealkylation sites (tertiary alicyclic amines) is 8. The highest BCUT2D eigenvalue weighted by Crippen LogP contribution is 2.31. The van der Waals surface area contributed by atoms with Crippen molar-refractivity contribution in [3.05, 3.63) is 106 Å². The van der Waals surface area contributed by atoms with Crippen LogP contribution in [0.4, 0.5) is 0 Å². The highest BCUT2D eigenvalue weighted by atomic mass is 32.2. The monoisotopic (exact) mass is 1790 g/mol. The molecular formula is C104H172N14O9S. The van der Waals surface area contributed by atoms with Crippen molar-refractivity contribution in [2.24, 2.45) is 88.3 Å². The summed E-state index contributed by atoms with van der Waals surface area (Å²) in [5, 5.41) is 61.5. The number of rotatable bonds is 19. The Morgan fingerprint density at radius 1 is 0.469 bits per heavy atom. The fourth-order valence-electron chi connectivity index (χ4n) is 17.5. The van der Waals surface area contributed by atoms with Crippen molar-refractivity contribution >= 4 is 33.7 Å². The van der Waals surface area contributed by atoms with Gasteiger partial charge in [0.25, 0.3) is 0 Å². The summed E-state index contributed by atoms with van der Waals surface area (Å²) < 4.78 is 28.7. The van der Waals surface area contributed by atoms with E-state index in [1.165, 1.54) is 88.8 Å². The number of sulfonamides is 1. The van der Waals surface area contributed by atoms with E-state index < -0.39 is 21.0 Å². The maximum atomic E-state index is 12.2. The molecule has 2 N–H and O–H groups in total. The van der Waals surface area contributed by atoms with E-state index in [-0.39, 0.29) is 35.7 Å². The Kier molecular flexibility index (Phi) is 52.5. The number of piperidine rings is 1. The molecule has 0 aliphatic carbocycles. The van der Waals surface area contributed by atoms with Crippen molar-refractivity contribution in [3.8, 4) is 30.3 Å². The minimum atomic E-state index is -2.94. The molecule has 23 nitrogen and oxygen atoms in total. The van der Waals surface area contributed by atoms with Gasteiger partial charge in [0.1, 0.15) is 12.0 Å². The van der Waals surface area contributed by atoms with Crippen LogP contribution in [0.1, 0.15) is 256 Å². The van der Waals surface area contributed by atoms with E-state index in [4.69, 9.17) is 36.2 Å². The first-order valence-corrected chi connectivity index (χ1v) is 50.0. The standard InChI is InChI=1S/C16H20N2O.C15H20N2.C11H21NO2.C11H13N.C10H16N2O.2C9H19NO.C8H14N2.C8H17NO2S.C7H13NO/c1-12(2)15-6-7-18(11-15)16(19)9-13-4-3-5-14(8-13)10-17;1-12(2)15-7-8-17(11-15)10-14-5-3-13(9-16)4-6-14;1-9(2)10-4-6-12(7-5-10)11(13)8-14-3;1-11(2,3)10-6-4-9(8-12)5-7-10;1-8-4-5-12(6-8)9(13)10(2,3)7-11;1-8-4-5-10(6-8)7-9(2,3)11;1-8(2)9-3-4-10(7-9)5-6-11;1-8-3-6-10(7-8)5-2-4-9;1-7(2)8-4-5-9(6-8)12(3,10)11;1-6-3-4-8(5-6)7(2)9/h3-5,8,12,15H,6-7,9,11H2,1-2H3;3-6,12,15H,7-8,10-11H2,1-2H3;9-10H,4-8H2,1-3H3;4-7H,1-3H3;8H,4-6H2,1-3H3;8,11H,4-7H2,1-3H3;8-9,11H,3-7H2,1-2H3;8H,2-3,5-7H2,1H3;7-8H,4-6H2,1-3H3;6H,3-5H2,1-2H3/t2*15-;;;2*8-;9-;2*8-;6-/m11..111111/s1. The summed E-state index contributed by atoms with van der Waals surface area (Å²) in [5.41, 5.74) is 4.39. The highest BCUT2D eigenvalue weighted by Gasteiger charge is 2.36. The van der Waals surface area contributed by atoms with Crippen LogP contribution in [0.25, 0.3) is 0 Å². The average Bonchev–Trinajstić information content (AvgIpc) is 1.84. The number of nitriles is 5. The summed E-state index contributed by atoms with van der Waals surface area (Å²) in [6.07, 6.45) is 14.3. The highest BCUT2D eigenvalue weighted by molar-refractivity contribution is 7.88. The minimum absolute atomic E-state index is 0.0284. The Morgan fingerprint density at radius 2 is 0.891 bits per heavy atom. The molecule has 12 rings (SSSR count). The molecule has 0 bridgehead atoms. The molecule has 0 saturated carbocycles. The van der Waals surface area contributed by atoms with Crippen LogP contribution >= 0.6 is 0 Å². The third kappa shape index (κ3) is 45.2. The van der Waals surface area contributed by atoms with Crippen LogP contribution in [0, 0.1) is 145 Å². The van der Waals surface area contributed by atoms with Crippen LogP contribution < -0.4 is 0 Å². The summed E-state index contributed by atoms with van der Waals surface area (Å²) >= 11 is 0. The van der Waals surface area contributed by atoms with Gasteiger partial charge in [0.15, 0.2) is 0 Å². The van der Waals surface area contributed by atoms with Gasteiger partial charge in [-0.3, -0.25) is 24.1 Å². The van der Waals surface area contributed by atoms with Crippen molar-refractivity contribution in [1.29, 1.82) is 26.3 Å². The van der Waals surface area contributed by atoms with E-state index >= 15 is 0 Å². The largest absolute Gasteiger partial charge is 0.395 e. The maximum Gasteiger partial charge on any atom is 0.248 e. The van der Waals surface area contributed by atoms with Gasteiger partial charge in [-0.1, -0.05) is 154 Å². The lowest BCUT2D eigenvalue weighted by molar-refractivity contribution is -0.137. The van der Waals surface area contributed by atoms with Gasteiger partial charge >= 0.3 is 0 Å². The van der Waals surface area contributed by atoms with Crippen LogP contribution in [-0.2, 0) is 52.3 Å². The summed E-state index contributed by atoms with van der Waals surface area (Å²) in [6, 6.07) is 33.6. The molecule has 0 spiro atoms. The molecule has 24 heteroatoms. The first-order valence-electron chi connectivity index (χ1n) is 48.1. The summed E-state index contributed by atoms with van der Waals surface area (Å²) in [7, 11) is -1.37. The minimum Gasteiger partial charge on any atom is -0.395 e. The Hall–Kier alpha value is -7.38. The van der Waals surface area contributed by atoms with Crippen molar-refractivity contribution < 1.29 is 42.5 Å². The second-order valence-corrected chi connectivity index (χ2v) is 43.8. The van der Waals surface area contributed by atoms with Gasteiger partial charge in [-0.15, -0.1) is 0 Å². The molecule has 0 unspecified atom stereocenters. The molecule has 9 aliphatic heterocycles. The maximum absolute atomic E-state index is 12.2. The van der Waals surface area contributed by atoms with Crippen molar-refractivity contribution in [1.82, 2.24) is 43.5 Å². The van der Waals surface area contributed by atoms with Crippen LogP contribution in [0.5, 0.6) is 0 Å². The van der Waals surface area contributed by atoms with Crippen LogP contribution in [-0.4, -0.2) is 255 Å². The third-order valence-corrected chi connectivity index (χ3v) is 27.8. The molecule has 9 aliphatic rings. The Bertz CT molecular complexity index is 4040. The Balaban J connectivity index is 0.000000369. The van der Waals surface area contributed by atoms with Gasteiger partial charge in [-0.05, 0) is 259 Å². The number of aliphatic hydroxyl groups is 2. The molecule has 0 aromatic heterocycles. The lowest BCUT2D eigenvalue weighted by Crippen LogP contribution is -2.41. The predicted octanol–water partition coefficient (Wildman–Crippen LogP) is 16.5. The zero-order valence-electron chi connectivity index (χ0n) is 83.9. The van der Waals surface area contributed by atoms with Gasteiger partial charge in [0, 0.05) is 138 Å². The zero-order chi connectivity index (χ0) is 96.2. The third-order valence-electron chi connectivity index (χ3n) is 26.5. The van der Waals surface area contributed by atoms with Gasteiger partial charge in [0.05, 0.1) is 71.9 Å². The Labute approximate surface area is 777 Å². The number of benzene rings is 3. The second kappa shape index (κ2) is 58.5. The average molecular weight is 1790 g/mol. The van der Waals surface area contributed by atoms with Crippen molar-refractivity contribution in [3.63, 3.8) is 0 Å². The SMILES string of the molecule is CC(=O)N1CC[C@@H](C)C1.CC(C)(C)c1ccc(C#N)cc1.CC(C)[C@@H]1CCN(C(=O)Cc2cccc(C#N)c2)C1.CC(C)[C@@H]1CCN(CCO)C1.CC(C)[C@@H]1CCN(Cc2ccc(C#N)cc2)C1.CC(C)[C@@H]1CCN(S(C)(=O)=O)C1.COCC(=O)N1CCC(C(C)C)CC1.C[C@@H]1CCN(C(=O)C(C)(C)C#N)C1.C[C@@H]1CCN(CC(C)(C)O)C1.C[C@@H]1CCN(CCC#N)C1. The molecule has 718 valence electrons. The normalized spacial score (nSPS) is 22.1. The summed E-state index contributed by atoms with van der Waals surface area (Å²) in [4.78, 5) is 63.3. The molecule has 9 saturated heterocycles. The van der Waals surface area contributed by atoms with E-state index in [1.807, 2.05) is 83.1 Å². The number of ether oxygens (including phenoxy) is 1. The summed E-state index contributed by atoms with van der Waals surface area (Å²) in [6.45, 7) is 68.8. The van der Waals surface area contributed by atoms with E-state index in [9.17, 15) is 32.7 Å². The van der Waals surface area contributed by atoms with Gasteiger partial charge in [-0.2, -0.15) is 26.3 Å². The van der Waals surface area contributed by atoms with E-state index in [0.717, 1.165) is 194 Å². The van der Waals surface area contributed by atoms with Gasteiger partial charge in [0.2, 0.25) is 33.7 Å². The molecule has 4 amide bonds. The number of hydrogen-bond donors (Lipinski definition) is 2. The Morgan fingerprint density at radius 3 is 1.29 bits per heavy atom. The van der Waals surface area contributed by atoms with Gasteiger partial charge in [-0.25, -0.2) is 12.7 Å². The molecule has 3 aromatic rings. The van der Waals surface area contributed by atoms with Crippen LogP contribution in [0.15, 0.2) is 72.8 Å². The van der Waals surface area contributed by atoms with E-state index in [1.54, 1.807) is 49.2 Å². The number of amides is 4. The molecule has 128 heavy (non-hydrogen) atoms. The number of carbonyl (C=O) groups is 4. The van der Waals surface area contributed by atoms with Crippen LogP contribution in [0.2, 0.25) is 0 Å². The molecule has 9 heterocycles. The summed E-state index contributed by atoms with van der Waals surface area (Å²) in [5.74, 6) is 10.7. The number of carbonyl (C=O) groups excluding carboxylic acids is 4. The lowest BCUT2D eigenvalue weighted by atomic mass is 9.87. The predicted molar refractivity (Wildman–Crippen MR) is 518 cm³/mol. The quantitative estimate of drug-likeness (QED) is 0.113. The molecule has 3 aromatic carbocycles. The first-order chi connectivity index (χ1) is 60.1. The van der Waals surface area contributed by atoms with Crippen molar-refractivity contribution in [2.45, 2.75) is 247 Å². The molecule has 0 radical (unpaired) electrons. The van der Waals surface area contributed by atoms with E-state index in [0.29, 0.717) is 67.1 Å². The van der Waals surface area contributed by atoms with E-state index in [2.05, 4.69) is 174 Å². The first kappa shape index (κ1) is 115. The number of nitrogens with zero attached hydrogens (tertiary/aromatic N) is 14.